The van der Waals surface area contributed by atoms with E-state index in [2.05, 4.69) is 4.72 Å². The van der Waals surface area contributed by atoms with E-state index in [1.54, 1.807) is 0 Å². The molecule has 0 heterocycles. The van der Waals surface area contributed by atoms with Crippen molar-refractivity contribution in [1.82, 2.24) is 4.72 Å². The van der Waals surface area contributed by atoms with Crippen LogP contribution >= 0.6 is 23.2 Å². The summed E-state index contributed by atoms with van der Waals surface area (Å²) in [6.45, 7) is 0.138. The molecule has 1 N–H and O–H groups in total. The first-order valence-corrected chi connectivity index (χ1v) is 8.30. The summed E-state index contributed by atoms with van der Waals surface area (Å²) in [4.78, 5) is -0.544. The van der Waals surface area contributed by atoms with Crippen LogP contribution in [0.1, 0.15) is 5.56 Å². The number of hydrogen-bond acceptors (Lipinski definition) is 4. The highest BCUT2D eigenvalue weighted by Gasteiger charge is 2.23. The van der Waals surface area contributed by atoms with Crippen molar-refractivity contribution in [2.45, 2.75) is 16.9 Å². The first-order chi connectivity index (χ1) is 9.85. The second kappa shape index (κ2) is 8.26. The Morgan fingerprint density at radius 1 is 1.38 bits per heavy atom. The monoisotopic (exact) mass is 359 g/mol. The molecule has 1 atom stereocenters. The number of halogens is 3. The molecule has 0 aliphatic rings. The molecule has 0 saturated heterocycles. The Labute approximate surface area is 133 Å². The summed E-state index contributed by atoms with van der Waals surface area (Å²) < 4.78 is 50.5. The molecule has 21 heavy (non-hydrogen) atoms. The fraction of sp³-hybridized carbons (Fsp3) is 0.500. The minimum absolute atomic E-state index is 0.0183. The van der Waals surface area contributed by atoms with Crippen LogP contribution in [0.3, 0.4) is 0 Å². The second-order valence-electron chi connectivity index (χ2n) is 4.18. The Balaban J connectivity index is 3.00. The molecule has 0 bridgehead atoms. The molecule has 0 saturated carbocycles. The quantitative estimate of drug-likeness (QED) is 0.722. The molecule has 0 aliphatic carbocycles. The molecule has 0 aliphatic heterocycles. The first-order valence-electron chi connectivity index (χ1n) is 5.91. The van der Waals surface area contributed by atoms with Gasteiger partial charge in [-0.15, -0.1) is 11.6 Å². The zero-order valence-electron chi connectivity index (χ0n) is 11.5. The topological polar surface area (TPSA) is 64.6 Å². The van der Waals surface area contributed by atoms with Crippen LogP contribution in [0.25, 0.3) is 0 Å². The van der Waals surface area contributed by atoms with E-state index in [1.807, 2.05) is 0 Å². The van der Waals surface area contributed by atoms with Gasteiger partial charge in [-0.2, -0.15) is 0 Å². The third kappa shape index (κ3) is 5.05. The maximum absolute atomic E-state index is 14.1. The van der Waals surface area contributed by atoms with Crippen LogP contribution in [0.5, 0.6) is 0 Å². The van der Waals surface area contributed by atoms with Gasteiger partial charge in [0.2, 0.25) is 10.0 Å². The van der Waals surface area contributed by atoms with Gasteiger partial charge in [0.15, 0.2) is 0 Å². The summed E-state index contributed by atoms with van der Waals surface area (Å²) in [5, 5.41) is 0.0904. The van der Waals surface area contributed by atoms with Gasteiger partial charge in [0.1, 0.15) is 10.7 Å². The summed E-state index contributed by atoms with van der Waals surface area (Å²) in [6.07, 6.45) is -0.487. The highest BCUT2D eigenvalue weighted by Crippen LogP contribution is 2.24. The van der Waals surface area contributed by atoms with Crippen molar-refractivity contribution in [1.29, 1.82) is 0 Å². The summed E-state index contributed by atoms with van der Waals surface area (Å²) in [6, 6.07) is 2.32. The molecule has 1 rings (SSSR count). The lowest BCUT2D eigenvalue weighted by Gasteiger charge is -2.16. The van der Waals surface area contributed by atoms with Gasteiger partial charge >= 0.3 is 0 Å². The number of hydrogen-bond donors (Lipinski definition) is 1. The van der Waals surface area contributed by atoms with Gasteiger partial charge in [-0.3, -0.25) is 0 Å². The molecular formula is C12H16Cl2FNO4S. The van der Waals surface area contributed by atoms with Crippen LogP contribution in [0.4, 0.5) is 4.39 Å². The lowest BCUT2D eigenvalue weighted by atomic mass is 10.2. The van der Waals surface area contributed by atoms with E-state index in [-0.39, 0.29) is 29.6 Å². The van der Waals surface area contributed by atoms with Crippen molar-refractivity contribution in [2.24, 2.45) is 0 Å². The Bertz CT molecular complexity index is 583. The molecule has 9 heteroatoms. The molecular weight excluding hydrogens is 344 g/mol. The Kier molecular flexibility index (Phi) is 7.32. The number of alkyl halides is 1. The zero-order chi connectivity index (χ0) is 16.0. The minimum Gasteiger partial charge on any atom is -0.382 e. The van der Waals surface area contributed by atoms with Gasteiger partial charge < -0.3 is 9.47 Å². The zero-order valence-corrected chi connectivity index (χ0v) is 13.9. The molecule has 0 amide bonds. The number of sulfonamides is 1. The van der Waals surface area contributed by atoms with E-state index in [4.69, 9.17) is 32.7 Å². The smallest absolute Gasteiger partial charge is 0.243 e. The van der Waals surface area contributed by atoms with Crippen molar-refractivity contribution in [3.8, 4) is 0 Å². The summed E-state index contributed by atoms with van der Waals surface area (Å²) >= 11 is 11.4. The van der Waals surface area contributed by atoms with Crippen LogP contribution < -0.4 is 4.72 Å². The largest absolute Gasteiger partial charge is 0.382 e. The molecule has 0 radical (unpaired) electrons. The molecule has 120 valence electrons. The molecule has 0 spiro atoms. The summed E-state index contributed by atoms with van der Waals surface area (Å²) in [5.41, 5.74) is 0.0183. The third-order valence-corrected chi connectivity index (χ3v) is 4.63. The highest BCUT2D eigenvalue weighted by molar-refractivity contribution is 7.89. The average Bonchev–Trinajstić information content (AvgIpc) is 2.45. The first kappa shape index (κ1) is 18.6. The standard InChI is InChI=1S/C12H16Cl2FNO4S/c1-19-7-10(20-2)6-16-21(17,18)11-4-9(14)3-8(5-13)12(11)15/h3-4,10,16H,5-7H2,1-2H3. The van der Waals surface area contributed by atoms with Gasteiger partial charge in [-0.05, 0) is 12.1 Å². The molecule has 0 fully saturated rings. The normalized spacial score (nSPS) is 13.4. The van der Waals surface area contributed by atoms with Crippen LogP contribution in [0.2, 0.25) is 5.02 Å². The fourth-order valence-corrected chi connectivity index (χ4v) is 3.30. The number of rotatable bonds is 8. The maximum atomic E-state index is 14.1. The fourth-order valence-electron chi connectivity index (χ4n) is 1.59. The lowest BCUT2D eigenvalue weighted by molar-refractivity contribution is 0.0320. The van der Waals surface area contributed by atoms with E-state index >= 15 is 0 Å². The van der Waals surface area contributed by atoms with Gasteiger partial charge in [0.25, 0.3) is 0 Å². The average molecular weight is 360 g/mol. The van der Waals surface area contributed by atoms with Gasteiger partial charge in [0.05, 0.1) is 18.6 Å². The Hall–Kier alpha value is -0.440. The molecule has 1 aromatic rings. The predicted octanol–water partition coefficient (Wildman–Crippen LogP) is 2.16. The van der Waals surface area contributed by atoms with Crippen LogP contribution in [-0.4, -0.2) is 41.9 Å². The minimum atomic E-state index is -4.07. The number of methoxy groups -OCH3 is 2. The Morgan fingerprint density at radius 3 is 2.57 bits per heavy atom. The van der Waals surface area contributed by atoms with Crippen molar-refractivity contribution in [3.63, 3.8) is 0 Å². The van der Waals surface area contributed by atoms with Crippen LogP contribution in [0.15, 0.2) is 17.0 Å². The lowest BCUT2D eigenvalue weighted by Crippen LogP contribution is -2.36. The van der Waals surface area contributed by atoms with Crippen molar-refractivity contribution in [2.75, 3.05) is 27.4 Å². The SMILES string of the molecule is COCC(CNS(=O)(=O)c1cc(Cl)cc(CCl)c1F)OC. The van der Waals surface area contributed by atoms with Crippen LogP contribution in [0, 0.1) is 5.82 Å². The van der Waals surface area contributed by atoms with E-state index in [0.717, 1.165) is 6.07 Å². The van der Waals surface area contributed by atoms with Crippen LogP contribution in [-0.2, 0) is 25.4 Å². The van der Waals surface area contributed by atoms with E-state index < -0.39 is 26.8 Å². The van der Waals surface area contributed by atoms with E-state index in [0.29, 0.717) is 0 Å². The van der Waals surface area contributed by atoms with E-state index in [9.17, 15) is 12.8 Å². The Morgan fingerprint density at radius 2 is 2.05 bits per heavy atom. The molecule has 1 unspecified atom stereocenters. The number of nitrogens with one attached hydrogen (secondary N) is 1. The van der Waals surface area contributed by atoms with Crippen molar-refractivity contribution < 1.29 is 22.3 Å². The number of benzene rings is 1. The molecule has 5 nitrogen and oxygen atoms in total. The number of ether oxygens (including phenoxy) is 2. The van der Waals surface area contributed by atoms with Crippen molar-refractivity contribution >= 4 is 33.2 Å². The molecule has 0 aromatic heterocycles. The third-order valence-electron chi connectivity index (χ3n) is 2.70. The van der Waals surface area contributed by atoms with Gasteiger partial charge in [-0.25, -0.2) is 17.5 Å². The predicted molar refractivity (Wildman–Crippen MR) is 78.8 cm³/mol. The maximum Gasteiger partial charge on any atom is 0.243 e. The molecule has 1 aromatic carbocycles. The highest BCUT2D eigenvalue weighted by atomic mass is 35.5. The van der Waals surface area contributed by atoms with Gasteiger partial charge in [-0.1, -0.05) is 11.6 Å². The van der Waals surface area contributed by atoms with E-state index in [1.165, 1.54) is 20.3 Å². The second-order valence-corrected chi connectivity index (χ2v) is 6.61. The summed E-state index contributed by atoms with van der Waals surface area (Å²) in [5.74, 6) is -1.10. The van der Waals surface area contributed by atoms with Gasteiger partial charge in [0, 0.05) is 31.4 Å². The summed E-state index contributed by atoms with van der Waals surface area (Å²) in [7, 11) is -1.19. The van der Waals surface area contributed by atoms with Crippen molar-refractivity contribution in [3.05, 3.63) is 28.5 Å².